The smallest absolute Gasteiger partial charge is 0.241 e. The van der Waals surface area contributed by atoms with E-state index in [0.29, 0.717) is 17.0 Å². The van der Waals surface area contributed by atoms with Gasteiger partial charge in [0.2, 0.25) is 10.0 Å². The zero-order valence-electron chi connectivity index (χ0n) is 15.2. The van der Waals surface area contributed by atoms with E-state index in [1.165, 1.54) is 11.3 Å². The number of rotatable bonds is 6. The van der Waals surface area contributed by atoms with Gasteiger partial charge in [0.15, 0.2) is 0 Å². The average molecular weight is 421 g/mol. The fourth-order valence-electron chi connectivity index (χ4n) is 2.97. The molecule has 0 amide bonds. The molecular formula is C21H16N4O2S2. The first-order chi connectivity index (χ1) is 14.0. The molecule has 0 bridgehead atoms. The Bertz CT molecular complexity index is 1260. The van der Waals surface area contributed by atoms with E-state index in [1.807, 2.05) is 12.1 Å². The van der Waals surface area contributed by atoms with Gasteiger partial charge in [0, 0.05) is 6.20 Å². The summed E-state index contributed by atoms with van der Waals surface area (Å²) in [5.41, 5.74) is 2.09. The minimum absolute atomic E-state index is 0.190. The number of sulfonamides is 1. The predicted molar refractivity (Wildman–Crippen MR) is 112 cm³/mol. The van der Waals surface area contributed by atoms with Gasteiger partial charge in [0.05, 0.1) is 22.6 Å². The summed E-state index contributed by atoms with van der Waals surface area (Å²) in [6.45, 7) is 0. The monoisotopic (exact) mass is 420 g/mol. The minimum atomic E-state index is -3.75. The van der Waals surface area contributed by atoms with Crippen molar-refractivity contribution in [2.24, 2.45) is 0 Å². The molecule has 0 saturated carbocycles. The van der Waals surface area contributed by atoms with Gasteiger partial charge in [-0.05, 0) is 48.4 Å². The van der Waals surface area contributed by atoms with Gasteiger partial charge in [-0.15, -0.1) is 0 Å². The molecular weight excluding hydrogens is 404 g/mol. The number of pyridine rings is 1. The molecule has 4 aromatic rings. The summed E-state index contributed by atoms with van der Waals surface area (Å²) in [5.74, 6) is 0. The van der Waals surface area contributed by atoms with Crippen LogP contribution in [0, 0.1) is 11.3 Å². The number of benzene rings is 2. The lowest BCUT2D eigenvalue weighted by Crippen LogP contribution is -2.30. The molecule has 6 nitrogen and oxygen atoms in total. The number of thiazole rings is 1. The molecule has 0 fully saturated rings. The van der Waals surface area contributed by atoms with Crippen LogP contribution in [-0.4, -0.2) is 18.4 Å². The molecule has 2 aromatic heterocycles. The second-order valence-corrected chi connectivity index (χ2v) is 9.11. The maximum Gasteiger partial charge on any atom is 0.241 e. The van der Waals surface area contributed by atoms with Crippen molar-refractivity contribution >= 4 is 31.7 Å². The first-order valence-electron chi connectivity index (χ1n) is 8.83. The number of hydrogen-bond acceptors (Lipinski definition) is 6. The number of fused-ring (bicyclic) bond motifs is 1. The zero-order valence-corrected chi connectivity index (χ0v) is 16.8. The first-order valence-corrected chi connectivity index (χ1v) is 11.1. The molecule has 1 unspecified atom stereocenters. The minimum Gasteiger partial charge on any atom is -0.244 e. The van der Waals surface area contributed by atoms with Crippen LogP contribution < -0.4 is 4.72 Å². The zero-order chi connectivity index (χ0) is 20.3. The van der Waals surface area contributed by atoms with Crippen molar-refractivity contribution in [2.45, 2.75) is 17.4 Å². The van der Waals surface area contributed by atoms with Crippen LogP contribution in [0.5, 0.6) is 0 Å². The molecule has 2 aromatic carbocycles. The van der Waals surface area contributed by atoms with Crippen LogP contribution in [0.2, 0.25) is 0 Å². The first kappa shape index (κ1) is 19.2. The van der Waals surface area contributed by atoms with E-state index >= 15 is 0 Å². The molecule has 8 heteroatoms. The van der Waals surface area contributed by atoms with Gasteiger partial charge in [-0.1, -0.05) is 41.7 Å². The van der Waals surface area contributed by atoms with E-state index in [2.05, 4.69) is 20.8 Å². The third-order valence-corrected chi connectivity index (χ3v) is 6.91. The van der Waals surface area contributed by atoms with Crippen LogP contribution in [0.4, 0.5) is 0 Å². The van der Waals surface area contributed by atoms with Crippen molar-refractivity contribution in [3.05, 3.63) is 89.1 Å². The van der Waals surface area contributed by atoms with Gasteiger partial charge in [-0.2, -0.15) is 5.26 Å². The summed E-state index contributed by atoms with van der Waals surface area (Å²) in [7, 11) is -3.75. The molecule has 4 rings (SSSR count). The highest BCUT2D eigenvalue weighted by Gasteiger charge is 2.24. The van der Waals surface area contributed by atoms with Crippen LogP contribution >= 0.6 is 11.3 Å². The summed E-state index contributed by atoms with van der Waals surface area (Å²) in [4.78, 5) is 9.84. The van der Waals surface area contributed by atoms with Crippen molar-refractivity contribution in [3.8, 4) is 6.07 Å². The molecule has 1 N–H and O–H groups in total. The second kappa shape index (κ2) is 8.09. The van der Waals surface area contributed by atoms with E-state index in [-0.39, 0.29) is 4.90 Å². The Hall–Kier alpha value is -3.12. The van der Waals surface area contributed by atoms with E-state index in [0.717, 1.165) is 15.9 Å². The summed E-state index contributed by atoms with van der Waals surface area (Å²) in [6.07, 6.45) is 2.05. The Morgan fingerprint density at radius 1 is 1.07 bits per heavy atom. The fourth-order valence-corrected chi connectivity index (χ4v) is 5.23. The lowest BCUT2D eigenvalue weighted by Gasteiger charge is -2.17. The molecule has 1 atom stereocenters. The maximum atomic E-state index is 12.9. The molecule has 0 aliphatic heterocycles. The highest BCUT2D eigenvalue weighted by atomic mass is 32.2. The molecule has 0 spiro atoms. The topological polar surface area (TPSA) is 95.7 Å². The lowest BCUT2D eigenvalue weighted by molar-refractivity contribution is 0.554. The molecule has 2 heterocycles. The number of hydrogen-bond donors (Lipinski definition) is 1. The Morgan fingerprint density at radius 2 is 1.90 bits per heavy atom. The number of aromatic nitrogens is 2. The highest BCUT2D eigenvalue weighted by molar-refractivity contribution is 7.89. The number of nitriles is 1. The lowest BCUT2D eigenvalue weighted by atomic mass is 10.0. The third-order valence-electron chi connectivity index (χ3n) is 4.33. The standard InChI is InChI=1S/C21H16N4O2S2/c22-14-16-7-4-6-15(12-16)13-19(21-24-18-10-5-11-23-20(18)28-21)25-29(26,27)17-8-2-1-3-9-17/h1-12,19,25H,13H2. The van der Waals surface area contributed by atoms with E-state index < -0.39 is 16.1 Å². The molecule has 0 radical (unpaired) electrons. The quantitative estimate of drug-likeness (QED) is 0.511. The van der Waals surface area contributed by atoms with Crippen LogP contribution in [0.1, 0.15) is 22.2 Å². The predicted octanol–water partition coefficient (Wildman–Crippen LogP) is 3.83. The van der Waals surface area contributed by atoms with Crippen LogP contribution in [0.3, 0.4) is 0 Å². The molecule has 29 heavy (non-hydrogen) atoms. The van der Waals surface area contributed by atoms with Crippen molar-refractivity contribution in [1.29, 1.82) is 5.26 Å². The van der Waals surface area contributed by atoms with Gasteiger partial charge in [-0.3, -0.25) is 0 Å². The van der Waals surface area contributed by atoms with Crippen LogP contribution in [0.15, 0.2) is 77.8 Å². The summed E-state index contributed by atoms with van der Waals surface area (Å²) >= 11 is 1.36. The van der Waals surface area contributed by atoms with Crippen molar-refractivity contribution in [1.82, 2.24) is 14.7 Å². The van der Waals surface area contributed by atoms with E-state index in [1.54, 1.807) is 60.8 Å². The van der Waals surface area contributed by atoms with Gasteiger partial charge >= 0.3 is 0 Å². The van der Waals surface area contributed by atoms with E-state index in [4.69, 9.17) is 5.26 Å². The maximum absolute atomic E-state index is 12.9. The Kier molecular flexibility index (Phi) is 5.36. The summed E-state index contributed by atoms with van der Waals surface area (Å²) in [6, 6.07) is 20.5. The van der Waals surface area contributed by atoms with Crippen LogP contribution in [0.25, 0.3) is 10.3 Å². The van der Waals surface area contributed by atoms with Crippen molar-refractivity contribution < 1.29 is 8.42 Å². The normalized spacial score (nSPS) is 12.5. The Labute approximate surface area is 172 Å². The molecule has 0 saturated heterocycles. The van der Waals surface area contributed by atoms with Gasteiger partial charge in [-0.25, -0.2) is 23.1 Å². The summed E-state index contributed by atoms with van der Waals surface area (Å²) in [5, 5.41) is 9.79. The Morgan fingerprint density at radius 3 is 2.66 bits per heavy atom. The largest absolute Gasteiger partial charge is 0.244 e. The van der Waals surface area contributed by atoms with E-state index in [9.17, 15) is 8.42 Å². The van der Waals surface area contributed by atoms with Crippen molar-refractivity contribution in [2.75, 3.05) is 0 Å². The van der Waals surface area contributed by atoms with Crippen molar-refractivity contribution in [3.63, 3.8) is 0 Å². The number of nitrogens with one attached hydrogen (secondary N) is 1. The third kappa shape index (κ3) is 4.32. The number of nitrogens with zero attached hydrogens (tertiary/aromatic N) is 3. The highest BCUT2D eigenvalue weighted by Crippen LogP contribution is 2.28. The Balaban J connectivity index is 1.73. The van der Waals surface area contributed by atoms with Crippen LogP contribution in [-0.2, 0) is 16.4 Å². The molecule has 0 aliphatic rings. The average Bonchev–Trinajstić information content (AvgIpc) is 3.18. The van der Waals surface area contributed by atoms with Gasteiger partial charge in [0.1, 0.15) is 15.4 Å². The SMILES string of the molecule is N#Cc1cccc(CC(NS(=O)(=O)c2ccccc2)c2nc3cccnc3s2)c1. The molecule has 0 aliphatic carbocycles. The molecule has 144 valence electrons. The van der Waals surface area contributed by atoms with Gasteiger partial charge < -0.3 is 0 Å². The summed E-state index contributed by atoms with van der Waals surface area (Å²) < 4.78 is 28.7. The second-order valence-electron chi connectivity index (χ2n) is 6.38. The fraction of sp³-hybridized carbons (Fsp3) is 0.0952. The van der Waals surface area contributed by atoms with Gasteiger partial charge in [0.25, 0.3) is 0 Å².